The molecule has 0 atom stereocenters. The number of aromatic nitrogens is 4. The molecule has 1 aliphatic heterocycles. The van der Waals surface area contributed by atoms with Gasteiger partial charge in [-0.2, -0.15) is 0 Å². The number of nitrogens with one attached hydrogen (secondary N) is 1. The van der Waals surface area contributed by atoms with Crippen molar-refractivity contribution in [2.45, 2.75) is 12.8 Å². The Morgan fingerprint density at radius 2 is 2.42 bits per heavy atom. The Kier molecular flexibility index (Phi) is 2.86. The fourth-order valence-corrected chi connectivity index (χ4v) is 2.04. The highest BCUT2D eigenvalue weighted by atomic mass is 16.5. The Balaban J connectivity index is 1.68. The summed E-state index contributed by atoms with van der Waals surface area (Å²) >= 11 is 0. The van der Waals surface area contributed by atoms with E-state index in [1.807, 2.05) is 18.2 Å². The highest BCUT2D eigenvalue weighted by molar-refractivity contribution is 5.90. The summed E-state index contributed by atoms with van der Waals surface area (Å²) in [6, 6.07) is 5.82. The number of hydrogen-bond donors (Lipinski definition) is 1. The van der Waals surface area contributed by atoms with E-state index >= 15 is 0 Å². The summed E-state index contributed by atoms with van der Waals surface area (Å²) in [6.45, 7) is 0.718. The summed E-state index contributed by atoms with van der Waals surface area (Å²) in [5, 5.41) is 13.5. The zero-order valence-electron chi connectivity index (χ0n) is 10.5. The number of ether oxygens (including phenoxy) is 1. The lowest BCUT2D eigenvalue weighted by Gasteiger charge is -2.05. The molecule has 0 radical (unpaired) electrons. The molecule has 0 unspecified atom stereocenters. The Labute approximate surface area is 109 Å². The second kappa shape index (κ2) is 4.68. The molecular weight excluding hydrogens is 246 g/mol. The third-order valence-electron chi connectivity index (χ3n) is 2.99. The van der Waals surface area contributed by atoms with Crippen molar-refractivity contribution in [1.29, 1.82) is 0 Å². The number of fused-ring (bicyclic) bond motifs is 1. The highest BCUT2D eigenvalue weighted by Gasteiger charge is 2.14. The topological polar surface area (TPSA) is 81.9 Å². The molecule has 1 aromatic heterocycles. The molecule has 0 saturated heterocycles. The van der Waals surface area contributed by atoms with E-state index in [0.29, 0.717) is 12.4 Å². The van der Waals surface area contributed by atoms with Gasteiger partial charge in [-0.3, -0.25) is 10.1 Å². The van der Waals surface area contributed by atoms with E-state index in [2.05, 4.69) is 20.8 Å². The van der Waals surface area contributed by atoms with Crippen molar-refractivity contribution in [3.05, 3.63) is 29.3 Å². The average molecular weight is 259 g/mol. The molecule has 1 N–H and O–H groups in total. The monoisotopic (exact) mass is 259 g/mol. The molecule has 3 rings (SSSR count). The van der Waals surface area contributed by atoms with Crippen LogP contribution >= 0.6 is 0 Å². The van der Waals surface area contributed by atoms with Gasteiger partial charge in [0.15, 0.2) is 0 Å². The van der Waals surface area contributed by atoms with Crippen molar-refractivity contribution in [3.8, 4) is 5.75 Å². The first kappa shape index (κ1) is 11.6. The zero-order valence-corrected chi connectivity index (χ0v) is 10.5. The van der Waals surface area contributed by atoms with Crippen LogP contribution in [-0.4, -0.2) is 32.7 Å². The molecule has 0 bridgehead atoms. The first-order chi connectivity index (χ1) is 9.22. The molecule has 2 heterocycles. The maximum absolute atomic E-state index is 11.9. The van der Waals surface area contributed by atoms with Crippen molar-refractivity contribution in [2.75, 3.05) is 11.9 Å². The molecule has 0 aliphatic carbocycles. The smallest absolute Gasteiger partial charge is 0.249 e. The van der Waals surface area contributed by atoms with Gasteiger partial charge in [-0.1, -0.05) is 17.2 Å². The molecule has 7 heteroatoms. The minimum atomic E-state index is -0.142. The van der Waals surface area contributed by atoms with Crippen molar-refractivity contribution >= 4 is 11.9 Å². The minimum Gasteiger partial charge on any atom is -0.493 e. The summed E-state index contributed by atoms with van der Waals surface area (Å²) < 4.78 is 6.84. The molecule has 7 nitrogen and oxygen atoms in total. The number of carbonyl (C=O) groups is 1. The van der Waals surface area contributed by atoms with Gasteiger partial charge in [0.05, 0.1) is 13.0 Å². The van der Waals surface area contributed by atoms with Crippen molar-refractivity contribution in [1.82, 2.24) is 20.2 Å². The number of amides is 1. The van der Waals surface area contributed by atoms with Gasteiger partial charge in [0, 0.05) is 13.5 Å². The second-order valence-corrected chi connectivity index (χ2v) is 4.39. The van der Waals surface area contributed by atoms with Crippen LogP contribution in [0.4, 0.5) is 5.95 Å². The SMILES string of the molecule is Cn1nnnc1NC(=O)Cc1ccc2c(c1)CCO2. The van der Waals surface area contributed by atoms with Crippen LogP contribution in [-0.2, 0) is 24.7 Å². The van der Waals surface area contributed by atoms with Crippen LogP contribution in [0.25, 0.3) is 0 Å². The first-order valence-electron chi connectivity index (χ1n) is 5.99. The highest BCUT2D eigenvalue weighted by Crippen LogP contribution is 2.26. The fraction of sp³-hybridized carbons (Fsp3) is 0.333. The molecular formula is C12H13N5O2. The zero-order chi connectivity index (χ0) is 13.2. The molecule has 19 heavy (non-hydrogen) atoms. The number of aryl methyl sites for hydroxylation is 1. The van der Waals surface area contributed by atoms with Crippen LogP contribution in [0.2, 0.25) is 0 Å². The molecule has 2 aromatic rings. The predicted molar refractivity (Wildman–Crippen MR) is 66.8 cm³/mol. The van der Waals surface area contributed by atoms with Gasteiger partial charge in [0.1, 0.15) is 5.75 Å². The average Bonchev–Trinajstić information content (AvgIpc) is 2.98. The Morgan fingerprint density at radius 3 is 3.21 bits per heavy atom. The third kappa shape index (κ3) is 2.40. The molecule has 1 aliphatic rings. The number of nitrogens with zero attached hydrogens (tertiary/aromatic N) is 4. The summed E-state index contributed by atoms with van der Waals surface area (Å²) in [6.07, 6.45) is 1.19. The van der Waals surface area contributed by atoms with Gasteiger partial charge in [-0.15, -0.1) is 0 Å². The van der Waals surface area contributed by atoms with Gasteiger partial charge in [-0.05, 0) is 27.6 Å². The summed E-state index contributed by atoms with van der Waals surface area (Å²) in [7, 11) is 1.67. The maximum Gasteiger partial charge on any atom is 0.249 e. The quantitative estimate of drug-likeness (QED) is 0.858. The van der Waals surface area contributed by atoms with E-state index in [0.717, 1.165) is 29.9 Å². The standard InChI is InChI=1S/C12H13N5O2/c1-17-12(14-15-16-17)13-11(18)7-8-2-3-10-9(6-8)4-5-19-10/h2-3,6H,4-5,7H2,1H3,(H,13,14,16,18). The fourth-order valence-electron chi connectivity index (χ4n) is 2.04. The van der Waals surface area contributed by atoms with Crippen LogP contribution in [0, 0.1) is 0 Å². The number of carbonyl (C=O) groups excluding carboxylic acids is 1. The molecule has 0 saturated carbocycles. The lowest BCUT2D eigenvalue weighted by Crippen LogP contribution is -2.17. The lowest BCUT2D eigenvalue weighted by atomic mass is 10.1. The maximum atomic E-state index is 11.9. The number of hydrogen-bond acceptors (Lipinski definition) is 5. The van der Waals surface area contributed by atoms with Crippen molar-refractivity contribution in [2.24, 2.45) is 7.05 Å². The summed E-state index contributed by atoms with van der Waals surface area (Å²) in [4.78, 5) is 11.9. The normalized spacial score (nSPS) is 12.9. The van der Waals surface area contributed by atoms with Crippen LogP contribution in [0.1, 0.15) is 11.1 Å². The lowest BCUT2D eigenvalue weighted by molar-refractivity contribution is -0.115. The number of tetrazole rings is 1. The van der Waals surface area contributed by atoms with Crippen molar-refractivity contribution < 1.29 is 9.53 Å². The van der Waals surface area contributed by atoms with Crippen LogP contribution < -0.4 is 10.1 Å². The van der Waals surface area contributed by atoms with Crippen molar-refractivity contribution in [3.63, 3.8) is 0 Å². The van der Waals surface area contributed by atoms with Gasteiger partial charge in [-0.25, -0.2) is 4.68 Å². The number of anilines is 1. The first-order valence-corrected chi connectivity index (χ1v) is 5.99. The Hall–Kier alpha value is -2.44. The van der Waals surface area contributed by atoms with Crippen LogP contribution in [0.15, 0.2) is 18.2 Å². The van der Waals surface area contributed by atoms with Gasteiger partial charge < -0.3 is 4.74 Å². The van der Waals surface area contributed by atoms with E-state index in [-0.39, 0.29) is 5.91 Å². The molecule has 1 aromatic carbocycles. The number of benzene rings is 1. The molecule has 0 spiro atoms. The predicted octanol–water partition coefficient (Wildman–Crippen LogP) is 0.326. The van der Waals surface area contributed by atoms with Gasteiger partial charge in [0.2, 0.25) is 11.9 Å². The largest absolute Gasteiger partial charge is 0.493 e. The molecule has 1 amide bonds. The number of rotatable bonds is 3. The van der Waals surface area contributed by atoms with E-state index in [4.69, 9.17) is 4.74 Å². The Morgan fingerprint density at radius 1 is 1.53 bits per heavy atom. The summed E-state index contributed by atoms with van der Waals surface area (Å²) in [5.74, 6) is 1.12. The third-order valence-corrected chi connectivity index (χ3v) is 2.99. The van der Waals surface area contributed by atoms with E-state index in [9.17, 15) is 4.79 Å². The van der Waals surface area contributed by atoms with E-state index in [1.54, 1.807) is 7.05 Å². The summed E-state index contributed by atoms with van der Waals surface area (Å²) in [5.41, 5.74) is 2.11. The van der Waals surface area contributed by atoms with Gasteiger partial charge >= 0.3 is 0 Å². The van der Waals surface area contributed by atoms with E-state index in [1.165, 1.54) is 4.68 Å². The minimum absolute atomic E-state index is 0.142. The van der Waals surface area contributed by atoms with Crippen LogP contribution in [0.5, 0.6) is 5.75 Å². The van der Waals surface area contributed by atoms with Crippen LogP contribution in [0.3, 0.4) is 0 Å². The molecule has 0 fully saturated rings. The Bertz CT molecular complexity index is 622. The van der Waals surface area contributed by atoms with Gasteiger partial charge in [0.25, 0.3) is 0 Å². The van der Waals surface area contributed by atoms with E-state index < -0.39 is 0 Å². The second-order valence-electron chi connectivity index (χ2n) is 4.39. The molecule has 98 valence electrons.